The Labute approximate surface area is 75.8 Å². The second-order valence-corrected chi connectivity index (χ2v) is 2.63. The van der Waals surface area contributed by atoms with E-state index in [0.29, 0.717) is 0 Å². The summed E-state index contributed by atoms with van der Waals surface area (Å²) in [7, 11) is 0. The van der Waals surface area contributed by atoms with Gasteiger partial charge in [-0.15, -0.1) is 0 Å². The first kappa shape index (κ1) is 12.0. The number of halogens is 8. The van der Waals surface area contributed by atoms with Gasteiger partial charge in [0.2, 0.25) is 0 Å². The molecular weight excluding hydrogens is 244 g/mol. The van der Waals surface area contributed by atoms with Crippen LogP contribution in [0, 0.1) is 0 Å². The number of alkyl halides is 8. The van der Waals surface area contributed by atoms with Gasteiger partial charge in [0.15, 0.2) is 0 Å². The Morgan fingerprint density at radius 2 is 1.20 bits per heavy atom. The lowest BCUT2D eigenvalue weighted by molar-refractivity contribution is -0.441. The minimum absolute atomic E-state index is 2.29. The Balaban J connectivity index is 3.36. The van der Waals surface area contributed by atoms with Crippen LogP contribution in [-0.2, 0) is 9.53 Å². The van der Waals surface area contributed by atoms with E-state index in [0.717, 1.165) is 0 Å². The molecule has 0 aromatic rings. The van der Waals surface area contributed by atoms with E-state index in [-0.39, 0.29) is 0 Å². The topological polar surface area (TPSA) is 26.3 Å². The van der Waals surface area contributed by atoms with Crippen LogP contribution in [0.3, 0.4) is 0 Å². The molecule has 1 rings (SSSR count). The Morgan fingerprint density at radius 3 is 1.60 bits per heavy atom. The summed E-state index contributed by atoms with van der Waals surface area (Å²) in [4.78, 5) is 9.97. The predicted molar refractivity (Wildman–Crippen MR) is 25.9 cm³/mol. The van der Waals surface area contributed by atoms with Gasteiger partial charge < -0.3 is 4.74 Å². The zero-order valence-electron chi connectivity index (χ0n) is 6.34. The van der Waals surface area contributed by atoms with Crippen LogP contribution in [0.4, 0.5) is 35.1 Å². The molecule has 0 N–H and O–H groups in total. The third-order valence-corrected chi connectivity index (χ3v) is 1.63. The van der Waals surface area contributed by atoms with E-state index >= 15 is 0 Å². The number of carbonyl (C=O) groups is 1. The number of cyclic esters (lactones) is 1. The lowest BCUT2D eigenvalue weighted by Gasteiger charge is -2.39. The normalized spacial score (nSPS) is 30.8. The standard InChI is InChI=1S/C5F8O2/c6-2(7)1(14)15-5(12,13)4(10,11)3(2,8)9. The fourth-order valence-corrected chi connectivity index (χ4v) is 0.753. The van der Waals surface area contributed by atoms with Crippen LogP contribution in [0.25, 0.3) is 0 Å². The van der Waals surface area contributed by atoms with Gasteiger partial charge in [-0.3, -0.25) is 0 Å². The van der Waals surface area contributed by atoms with Crippen molar-refractivity contribution >= 4 is 5.97 Å². The third-order valence-electron chi connectivity index (χ3n) is 1.63. The molecule has 0 aliphatic carbocycles. The van der Waals surface area contributed by atoms with E-state index in [2.05, 4.69) is 4.74 Å². The van der Waals surface area contributed by atoms with Crippen molar-refractivity contribution in [2.45, 2.75) is 23.9 Å². The van der Waals surface area contributed by atoms with Crippen LogP contribution in [0.5, 0.6) is 0 Å². The number of carbonyl (C=O) groups excluding carboxylic acids is 1. The molecule has 1 aliphatic heterocycles. The van der Waals surface area contributed by atoms with E-state index in [9.17, 15) is 39.9 Å². The van der Waals surface area contributed by atoms with E-state index in [1.54, 1.807) is 0 Å². The highest BCUT2D eigenvalue weighted by atomic mass is 19.4. The van der Waals surface area contributed by atoms with Crippen molar-refractivity contribution in [2.24, 2.45) is 0 Å². The van der Waals surface area contributed by atoms with Gasteiger partial charge >= 0.3 is 29.8 Å². The average Bonchev–Trinajstić information content (AvgIpc) is 2.00. The predicted octanol–water partition coefficient (Wildman–Crippen LogP) is 2.04. The summed E-state index contributed by atoms with van der Waals surface area (Å²) in [5.41, 5.74) is 0. The van der Waals surface area contributed by atoms with Gasteiger partial charge in [-0.1, -0.05) is 0 Å². The summed E-state index contributed by atoms with van der Waals surface area (Å²) in [6.45, 7) is 0. The number of ether oxygens (including phenoxy) is 1. The van der Waals surface area contributed by atoms with Gasteiger partial charge in [-0.2, -0.15) is 35.1 Å². The van der Waals surface area contributed by atoms with Gasteiger partial charge in [-0.05, 0) is 0 Å². The second-order valence-electron chi connectivity index (χ2n) is 2.63. The number of esters is 1. The Morgan fingerprint density at radius 1 is 0.800 bits per heavy atom. The minimum Gasteiger partial charge on any atom is -0.391 e. The fourth-order valence-electron chi connectivity index (χ4n) is 0.753. The van der Waals surface area contributed by atoms with Crippen LogP contribution >= 0.6 is 0 Å². The van der Waals surface area contributed by atoms with Crippen molar-refractivity contribution in [3.05, 3.63) is 0 Å². The van der Waals surface area contributed by atoms with Crippen molar-refractivity contribution in [3.63, 3.8) is 0 Å². The van der Waals surface area contributed by atoms with Gasteiger partial charge in [-0.25, -0.2) is 4.79 Å². The van der Waals surface area contributed by atoms with Gasteiger partial charge in [0, 0.05) is 0 Å². The van der Waals surface area contributed by atoms with Crippen molar-refractivity contribution in [1.29, 1.82) is 0 Å². The third kappa shape index (κ3) is 1.13. The minimum atomic E-state index is -6.52. The van der Waals surface area contributed by atoms with Crippen LogP contribution in [-0.4, -0.2) is 29.8 Å². The molecule has 0 radical (unpaired) electrons. The summed E-state index contributed by atoms with van der Waals surface area (Å²) in [6.07, 6.45) is -5.98. The van der Waals surface area contributed by atoms with E-state index in [1.165, 1.54) is 0 Å². The fraction of sp³-hybridized carbons (Fsp3) is 0.800. The first-order chi connectivity index (χ1) is 6.38. The highest BCUT2D eigenvalue weighted by Gasteiger charge is 2.89. The van der Waals surface area contributed by atoms with E-state index in [1.807, 2.05) is 0 Å². The van der Waals surface area contributed by atoms with Crippen LogP contribution in [0.1, 0.15) is 0 Å². The highest BCUT2D eigenvalue weighted by molar-refractivity contribution is 5.80. The zero-order chi connectivity index (χ0) is 12.3. The highest BCUT2D eigenvalue weighted by Crippen LogP contribution is 2.56. The summed E-state index contributed by atoms with van der Waals surface area (Å²) < 4.78 is 99.6. The average molecular weight is 244 g/mol. The maximum atomic E-state index is 12.2. The monoisotopic (exact) mass is 244 g/mol. The largest absolute Gasteiger partial charge is 0.473 e. The summed E-state index contributed by atoms with van der Waals surface area (Å²) >= 11 is 0. The summed E-state index contributed by atoms with van der Waals surface area (Å²) in [5.74, 6) is -22.4. The molecule has 88 valence electrons. The lowest BCUT2D eigenvalue weighted by atomic mass is 10.0. The maximum Gasteiger partial charge on any atom is 0.473 e. The molecule has 0 unspecified atom stereocenters. The van der Waals surface area contributed by atoms with Crippen LogP contribution in [0.15, 0.2) is 0 Å². The van der Waals surface area contributed by atoms with Crippen molar-refractivity contribution in [1.82, 2.24) is 0 Å². The molecule has 15 heavy (non-hydrogen) atoms. The Kier molecular flexibility index (Phi) is 2.02. The molecule has 0 aromatic heterocycles. The maximum absolute atomic E-state index is 12.2. The van der Waals surface area contributed by atoms with E-state index in [4.69, 9.17) is 0 Å². The lowest BCUT2D eigenvalue weighted by Crippen LogP contribution is -2.71. The van der Waals surface area contributed by atoms with E-state index < -0.39 is 29.8 Å². The van der Waals surface area contributed by atoms with Gasteiger partial charge in [0.25, 0.3) is 0 Å². The van der Waals surface area contributed by atoms with Gasteiger partial charge in [0.1, 0.15) is 0 Å². The summed E-state index contributed by atoms with van der Waals surface area (Å²) in [6, 6.07) is 0. The quantitative estimate of drug-likeness (QED) is 0.481. The molecule has 0 saturated carbocycles. The second kappa shape index (κ2) is 2.53. The molecule has 0 spiro atoms. The zero-order valence-corrected chi connectivity index (χ0v) is 6.34. The van der Waals surface area contributed by atoms with Crippen molar-refractivity contribution in [3.8, 4) is 0 Å². The molecule has 1 heterocycles. The molecule has 1 aliphatic rings. The molecule has 0 amide bonds. The van der Waals surface area contributed by atoms with Crippen LogP contribution in [0.2, 0.25) is 0 Å². The molecule has 0 bridgehead atoms. The molecular formula is C5F8O2. The van der Waals surface area contributed by atoms with Crippen LogP contribution < -0.4 is 0 Å². The molecule has 0 atom stereocenters. The molecule has 10 heteroatoms. The summed E-state index contributed by atoms with van der Waals surface area (Å²) in [5, 5.41) is 0. The SMILES string of the molecule is O=C1OC(F)(F)C(F)(F)C(F)(F)C1(F)F. The Hall–Kier alpha value is -1.09. The smallest absolute Gasteiger partial charge is 0.391 e. The van der Waals surface area contributed by atoms with Crippen molar-refractivity contribution < 1.29 is 44.7 Å². The number of hydrogen-bond acceptors (Lipinski definition) is 2. The molecule has 0 aromatic carbocycles. The number of rotatable bonds is 0. The molecule has 1 saturated heterocycles. The number of hydrogen-bond donors (Lipinski definition) is 0. The first-order valence-corrected chi connectivity index (χ1v) is 3.12. The first-order valence-electron chi connectivity index (χ1n) is 3.12. The van der Waals surface area contributed by atoms with Crippen molar-refractivity contribution in [2.75, 3.05) is 0 Å². The van der Waals surface area contributed by atoms with Gasteiger partial charge in [0.05, 0.1) is 0 Å². The Bertz CT molecular complexity index is 308. The molecule has 1 fully saturated rings. The molecule has 2 nitrogen and oxygen atoms in total.